The summed E-state index contributed by atoms with van der Waals surface area (Å²) in [5.74, 6) is 1.51. The molecule has 30 heavy (non-hydrogen) atoms. The van der Waals surface area contributed by atoms with E-state index >= 15 is 0 Å². The lowest BCUT2D eigenvalue weighted by Gasteiger charge is -2.21. The van der Waals surface area contributed by atoms with Gasteiger partial charge in [0.15, 0.2) is 0 Å². The second-order valence-electron chi connectivity index (χ2n) is 7.69. The van der Waals surface area contributed by atoms with Crippen LogP contribution in [0.1, 0.15) is 29.9 Å². The number of furan rings is 1. The molecule has 0 bridgehead atoms. The van der Waals surface area contributed by atoms with Gasteiger partial charge >= 0.3 is 6.18 Å². The summed E-state index contributed by atoms with van der Waals surface area (Å²) in [6.45, 7) is 1.14. The normalized spacial score (nSPS) is 14.3. The molecule has 2 aromatic heterocycles. The van der Waals surface area contributed by atoms with Gasteiger partial charge in [-0.05, 0) is 37.1 Å². The number of aromatic nitrogens is 2. The van der Waals surface area contributed by atoms with E-state index in [0.29, 0.717) is 30.8 Å². The van der Waals surface area contributed by atoms with Crippen LogP contribution < -0.4 is 4.90 Å². The molecule has 1 saturated carbocycles. The molecular formula is C22H23F3N4O. The lowest BCUT2D eigenvalue weighted by molar-refractivity contribution is -0.137. The topological polar surface area (TPSA) is 45.4 Å². The minimum Gasteiger partial charge on any atom is -0.460 e. The zero-order valence-corrected chi connectivity index (χ0v) is 16.9. The predicted molar refractivity (Wildman–Crippen MR) is 108 cm³/mol. The van der Waals surface area contributed by atoms with E-state index in [1.807, 2.05) is 25.1 Å². The van der Waals surface area contributed by atoms with Crippen LogP contribution >= 0.6 is 0 Å². The zero-order valence-electron chi connectivity index (χ0n) is 16.9. The lowest BCUT2D eigenvalue weighted by atomic mass is 10.1. The summed E-state index contributed by atoms with van der Waals surface area (Å²) >= 11 is 0. The predicted octanol–water partition coefficient (Wildman–Crippen LogP) is 4.99. The minimum absolute atomic E-state index is 0.0562. The van der Waals surface area contributed by atoms with Gasteiger partial charge in [-0.3, -0.25) is 4.90 Å². The Kier molecular flexibility index (Phi) is 5.51. The highest BCUT2D eigenvalue weighted by atomic mass is 19.4. The summed E-state index contributed by atoms with van der Waals surface area (Å²) in [6, 6.07) is 11.2. The maximum atomic E-state index is 13.3. The SMILES string of the molecule is CN(C)c1nccc(CN(Cc2ccc(-c3ccccc3C(F)(F)F)o2)C2CC2)n1. The first kappa shape index (κ1) is 20.4. The Labute approximate surface area is 173 Å². The molecule has 1 fully saturated rings. The average Bonchev–Trinajstić information content (AvgIpc) is 3.46. The van der Waals surface area contributed by atoms with E-state index in [-0.39, 0.29) is 11.3 Å². The zero-order chi connectivity index (χ0) is 21.3. The monoisotopic (exact) mass is 416 g/mol. The van der Waals surface area contributed by atoms with Gasteiger partial charge in [0.1, 0.15) is 11.5 Å². The first-order chi connectivity index (χ1) is 14.3. The van der Waals surface area contributed by atoms with Crippen LogP contribution in [-0.2, 0) is 19.3 Å². The fraction of sp³-hybridized carbons (Fsp3) is 0.364. The minimum atomic E-state index is -4.43. The molecule has 0 atom stereocenters. The van der Waals surface area contributed by atoms with Crippen LogP contribution in [0.2, 0.25) is 0 Å². The number of benzene rings is 1. The highest BCUT2D eigenvalue weighted by molar-refractivity contribution is 5.63. The Morgan fingerprint density at radius 3 is 2.50 bits per heavy atom. The molecular weight excluding hydrogens is 393 g/mol. The van der Waals surface area contributed by atoms with Crippen LogP contribution in [0.15, 0.2) is 53.1 Å². The maximum Gasteiger partial charge on any atom is 0.417 e. The fourth-order valence-corrected chi connectivity index (χ4v) is 3.40. The molecule has 0 aliphatic heterocycles. The maximum absolute atomic E-state index is 13.3. The van der Waals surface area contributed by atoms with E-state index in [1.54, 1.807) is 24.4 Å². The number of halogens is 3. The van der Waals surface area contributed by atoms with Crippen molar-refractivity contribution < 1.29 is 17.6 Å². The summed E-state index contributed by atoms with van der Waals surface area (Å²) in [5, 5.41) is 0. The Hall–Kier alpha value is -2.87. The quantitative estimate of drug-likeness (QED) is 0.543. The number of rotatable bonds is 7. The van der Waals surface area contributed by atoms with Crippen molar-refractivity contribution in [3.8, 4) is 11.3 Å². The first-order valence-corrected chi connectivity index (χ1v) is 9.80. The van der Waals surface area contributed by atoms with E-state index in [1.165, 1.54) is 12.1 Å². The first-order valence-electron chi connectivity index (χ1n) is 9.80. The summed E-state index contributed by atoms with van der Waals surface area (Å²) in [4.78, 5) is 12.9. The molecule has 0 spiro atoms. The molecule has 0 unspecified atom stereocenters. The van der Waals surface area contributed by atoms with Crippen LogP contribution in [0.4, 0.5) is 19.1 Å². The second-order valence-corrected chi connectivity index (χ2v) is 7.69. The van der Waals surface area contributed by atoms with Gasteiger partial charge in [0, 0.05) is 38.4 Å². The van der Waals surface area contributed by atoms with Crippen molar-refractivity contribution >= 4 is 5.95 Å². The number of alkyl halides is 3. The van der Waals surface area contributed by atoms with E-state index < -0.39 is 11.7 Å². The number of hydrogen-bond acceptors (Lipinski definition) is 5. The Balaban J connectivity index is 1.53. The summed E-state index contributed by atoms with van der Waals surface area (Å²) in [6.07, 6.45) is -0.505. The molecule has 1 aromatic carbocycles. The van der Waals surface area contributed by atoms with Gasteiger partial charge in [0.05, 0.1) is 17.8 Å². The van der Waals surface area contributed by atoms with Gasteiger partial charge in [0.2, 0.25) is 5.95 Å². The molecule has 0 saturated heterocycles. The molecule has 158 valence electrons. The molecule has 2 heterocycles. The van der Waals surface area contributed by atoms with Gasteiger partial charge in [-0.2, -0.15) is 13.2 Å². The highest BCUT2D eigenvalue weighted by Crippen LogP contribution is 2.38. The Morgan fingerprint density at radius 1 is 1.03 bits per heavy atom. The van der Waals surface area contributed by atoms with Crippen molar-refractivity contribution in [1.82, 2.24) is 14.9 Å². The van der Waals surface area contributed by atoms with E-state index in [4.69, 9.17) is 4.42 Å². The van der Waals surface area contributed by atoms with E-state index in [9.17, 15) is 13.2 Å². The van der Waals surface area contributed by atoms with Crippen molar-refractivity contribution in [3.63, 3.8) is 0 Å². The van der Waals surface area contributed by atoms with Crippen LogP contribution in [0.5, 0.6) is 0 Å². The lowest BCUT2D eigenvalue weighted by Crippen LogP contribution is -2.26. The molecule has 3 aromatic rings. The molecule has 0 amide bonds. The van der Waals surface area contributed by atoms with Crippen LogP contribution in [-0.4, -0.2) is 35.0 Å². The van der Waals surface area contributed by atoms with Crippen molar-refractivity contribution in [1.29, 1.82) is 0 Å². The largest absolute Gasteiger partial charge is 0.460 e. The van der Waals surface area contributed by atoms with Crippen LogP contribution in [0, 0.1) is 0 Å². The third kappa shape index (κ3) is 4.64. The molecule has 1 aliphatic rings. The summed E-state index contributed by atoms with van der Waals surface area (Å²) in [5.41, 5.74) is 0.262. The van der Waals surface area contributed by atoms with Gasteiger partial charge in [-0.15, -0.1) is 0 Å². The Bertz CT molecular complexity index is 1010. The second kappa shape index (κ2) is 8.10. The molecule has 8 heteroatoms. The smallest absolute Gasteiger partial charge is 0.417 e. The van der Waals surface area contributed by atoms with Gasteiger partial charge < -0.3 is 9.32 Å². The van der Waals surface area contributed by atoms with Crippen molar-refractivity contribution in [2.45, 2.75) is 38.1 Å². The third-order valence-electron chi connectivity index (χ3n) is 5.05. The number of anilines is 1. The summed E-state index contributed by atoms with van der Waals surface area (Å²) in [7, 11) is 3.78. The Morgan fingerprint density at radius 2 is 1.80 bits per heavy atom. The third-order valence-corrected chi connectivity index (χ3v) is 5.05. The van der Waals surface area contributed by atoms with Crippen LogP contribution in [0.3, 0.4) is 0 Å². The van der Waals surface area contributed by atoms with Crippen LogP contribution in [0.25, 0.3) is 11.3 Å². The highest BCUT2D eigenvalue weighted by Gasteiger charge is 2.34. The van der Waals surface area contributed by atoms with Crippen molar-refractivity contribution in [2.24, 2.45) is 0 Å². The molecule has 1 aliphatic carbocycles. The summed E-state index contributed by atoms with van der Waals surface area (Å²) < 4.78 is 45.8. The van der Waals surface area contributed by atoms with Crippen molar-refractivity contribution in [3.05, 3.63) is 65.7 Å². The average molecular weight is 416 g/mol. The fourth-order valence-electron chi connectivity index (χ4n) is 3.40. The molecule has 0 N–H and O–H groups in total. The van der Waals surface area contributed by atoms with E-state index in [2.05, 4.69) is 14.9 Å². The van der Waals surface area contributed by atoms with Gasteiger partial charge in [0.25, 0.3) is 0 Å². The molecule has 5 nitrogen and oxygen atoms in total. The number of hydrogen-bond donors (Lipinski definition) is 0. The molecule has 4 rings (SSSR count). The van der Waals surface area contributed by atoms with Crippen molar-refractivity contribution in [2.75, 3.05) is 19.0 Å². The van der Waals surface area contributed by atoms with Gasteiger partial charge in [-0.1, -0.05) is 18.2 Å². The standard InChI is InChI=1S/C22H23F3N4O/c1-28(2)21-26-12-11-15(27-21)13-29(16-7-8-16)14-17-9-10-20(30-17)18-5-3-4-6-19(18)22(23,24)25/h3-6,9-12,16H,7-8,13-14H2,1-2H3. The van der Waals surface area contributed by atoms with E-state index in [0.717, 1.165) is 24.6 Å². The molecule has 0 radical (unpaired) electrons. The number of nitrogens with zero attached hydrogens (tertiary/aromatic N) is 4. The van der Waals surface area contributed by atoms with Gasteiger partial charge in [-0.25, -0.2) is 9.97 Å².